The molecule has 0 fully saturated rings. The molecule has 1 amide bonds. The Bertz CT molecular complexity index is 662. The summed E-state index contributed by atoms with van der Waals surface area (Å²) in [5.74, 6) is 0.180. The van der Waals surface area contributed by atoms with Crippen LogP contribution in [0.3, 0.4) is 0 Å². The number of carbonyl (C=O) groups is 1. The Morgan fingerprint density at radius 3 is 2.96 bits per heavy atom. The van der Waals surface area contributed by atoms with E-state index in [1.165, 1.54) is 6.20 Å². The predicted octanol–water partition coefficient (Wildman–Crippen LogP) is 1.76. The molecule has 3 rings (SSSR count). The van der Waals surface area contributed by atoms with Crippen LogP contribution in [0.15, 0.2) is 23.1 Å². The number of amides is 1. The molecule has 0 saturated carbocycles. The lowest BCUT2D eigenvalue weighted by Crippen LogP contribution is -2.31. The number of nitrogens with zero attached hydrogens (tertiary/aromatic N) is 5. The van der Waals surface area contributed by atoms with Gasteiger partial charge in [-0.3, -0.25) is 9.69 Å². The Morgan fingerprint density at radius 1 is 1.43 bits per heavy atom. The van der Waals surface area contributed by atoms with Gasteiger partial charge in [0.2, 0.25) is 5.76 Å². The SMILES string of the molecule is CC(C)N(C)Cc1ncn2c1CN(C(=O)c1ccno1)CCC2. The van der Waals surface area contributed by atoms with Crippen LogP contribution in [0.2, 0.25) is 0 Å². The highest BCUT2D eigenvalue weighted by Gasteiger charge is 2.25. The summed E-state index contributed by atoms with van der Waals surface area (Å²) in [5, 5.41) is 3.63. The van der Waals surface area contributed by atoms with Gasteiger partial charge >= 0.3 is 0 Å². The first-order valence-electron chi connectivity index (χ1n) is 7.99. The van der Waals surface area contributed by atoms with Gasteiger partial charge in [-0.25, -0.2) is 4.98 Å². The van der Waals surface area contributed by atoms with E-state index in [2.05, 4.69) is 40.5 Å². The molecule has 7 heteroatoms. The number of hydrogen-bond donors (Lipinski definition) is 0. The van der Waals surface area contributed by atoms with Gasteiger partial charge in [0.1, 0.15) is 0 Å². The molecule has 0 radical (unpaired) electrons. The molecule has 0 aliphatic carbocycles. The number of imidazole rings is 1. The van der Waals surface area contributed by atoms with Gasteiger partial charge in [-0.2, -0.15) is 0 Å². The summed E-state index contributed by atoms with van der Waals surface area (Å²) in [6.45, 7) is 7.25. The predicted molar refractivity (Wildman–Crippen MR) is 84.7 cm³/mol. The lowest BCUT2D eigenvalue weighted by atomic mass is 10.2. The van der Waals surface area contributed by atoms with Crippen molar-refractivity contribution in [2.45, 2.75) is 45.9 Å². The molecule has 0 saturated heterocycles. The molecule has 7 nitrogen and oxygen atoms in total. The van der Waals surface area contributed by atoms with Gasteiger partial charge in [-0.1, -0.05) is 5.16 Å². The molecule has 0 atom stereocenters. The van der Waals surface area contributed by atoms with Crippen LogP contribution in [-0.2, 0) is 19.6 Å². The second-order valence-electron chi connectivity index (χ2n) is 6.30. The van der Waals surface area contributed by atoms with Crippen molar-refractivity contribution in [1.82, 2.24) is 24.5 Å². The Kier molecular flexibility index (Phi) is 4.47. The van der Waals surface area contributed by atoms with Crippen LogP contribution in [0.1, 0.15) is 42.2 Å². The summed E-state index contributed by atoms with van der Waals surface area (Å²) in [6, 6.07) is 2.06. The summed E-state index contributed by atoms with van der Waals surface area (Å²) >= 11 is 0. The second-order valence-corrected chi connectivity index (χ2v) is 6.30. The quantitative estimate of drug-likeness (QED) is 0.859. The Labute approximate surface area is 135 Å². The lowest BCUT2D eigenvalue weighted by molar-refractivity contribution is 0.0702. The zero-order chi connectivity index (χ0) is 16.4. The topological polar surface area (TPSA) is 67.4 Å². The van der Waals surface area contributed by atoms with Gasteiger partial charge in [0.05, 0.1) is 30.5 Å². The molecule has 1 aliphatic rings. The number of aromatic nitrogens is 3. The summed E-state index contributed by atoms with van der Waals surface area (Å²) in [4.78, 5) is 21.2. The van der Waals surface area contributed by atoms with Crippen LogP contribution in [0.4, 0.5) is 0 Å². The third-order valence-electron chi connectivity index (χ3n) is 4.42. The van der Waals surface area contributed by atoms with E-state index in [0.29, 0.717) is 24.9 Å². The van der Waals surface area contributed by atoms with Gasteiger partial charge in [-0.15, -0.1) is 0 Å². The normalized spacial score (nSPS) is 15.1. The second kappa shape index (κ2) is 6.54. The minimum atomic E-state index is -0.111. The highest BCUT2D eigenvalue weighted by Crippen LogP contribution is 2.19. The fraction of sp³-hybridized carbons (Fsp3) is 0.562. The van der Waals surface area contributed by atoms with Gasteiger partial charge in [-0.05, 0) is 27.3 Å². The number of rotatable bonds is 4. The molecular formula is C16H23N5O2. The first-order valence-corrected chi connectivity index (χ1v) is 7.99. The Morgan fingerprint density at radius 2 is 2.26 bits per heavy atom. The zero-order valence-electron chi connectivity index (χ0n) is 13.9. The van der Waals surface area contributed by atoms with E-state index in [4.69, 9.17) is 4.52 Å². The van der Waals surface area contributed by atoms with Crippen molar-refractivity contribution in [2.75, 3.05) is 13.6 Å². The van der Waals surface area contributed by atoms with Crippen LogP contribution < -0.4 is 0 Å². The maximum absolute atomic E-state index is 12.5. The van der Waals surface area contributed by atoms with Crippen LogP contribution in [-0.4, -0.2) is 50.0 Å². The summed E-state index contributed by atoms with van der Waals surface area (Å²) in [5.41, 5.74) is 2.15. The van der Waals surface area contributed by atoms with Gasteiger partial charge in [0.15, 0.2) is 0 Å². The maximum Gasteiger partial charge on any atom is 0.292 e. The van der Waals surface area contributed by atoms with Crippen molar-refractivity contribution >= 4 is 5.91 Å². The average molecular weight is 317 g/mol. The fourth-order valence-electron chi connectivity index (χ4n) is 2.72. The van der Waals surface area contributed by atoms with Gasteiger partial charge in [0.25, 0.3) is 5.91 Å². The lowest BCUT2D eigenvalue weighted by Gasteiger charge is -2.22. The van der Waals surface area contributed by atoms with E-state index >= 15 is 0 Å². The van der Waals surface area contributed by atoms with E-state index in [1.54, 1.807) is 6.07 Å². The molecule has 1 aliphatic heterocycles. The maximum atomic E-state index is 12.5. The third-order valence-corrected chi connectivity index (χ3v) is 4.42. The fourth-order valence-corrected chi connectivity index (χ4v) is 2.72. The minimum Gasteiger partial charge on any atom is -0.351 e. The van der Waals surface area contributed by atoms with E-state index < -0.39 is 0 Å². The zero-order valence-corrected chi connectivity index (χ0v) is 13.9. The van der Waals surface area contributed by atoms with E-state index in [9.17, 15) is 4.79 Å². The number of fused-ring (bicyclic) bond motifs is 1. The van der Waals surface area contributed by atoms with E-state index in [0.717, 1.165) is 30.9 Å². The highest BCUT2D eigenvalue weighted by atomic mass is 16.5. The standard InChI is InChI=1S/C16H23N5O2/c1-12(2)19(3)9-13-14-10-20(7-4-8-21(14)11-17-13)16(22)15-5-6-18-23-15/h5-6,11-12H,4,7-10H2,1-3H3. The number of carbonyl (C=O) groups excluding carboxylic acids is 1. The molecule has 124 valence electrons. The van der Waals surface area contributed by atoms with Crippen LogP contribution in [0.5, 0.6) is 0 Å². The molecule has 0 spiro atoms. The molecule has 0 aromatic carbocycles. The average Bonchev–Trinajstić information content (AvgIpc) is 3.12. The van der Waals surface area contributed by atoms with Crippen molar-refractivity contribution in [3.05, 3.63) is 35.7 Å². The monoisotopic (exact) mass is 317 g/mol. The first kappa shape index (κ1) is 15.7. The number of hydrogen-bond acceptors (Lipinski definition) is 5. The summed E-state index contributed by atoms with van der Waals surface area (Å²) in [6.07, 6.45) is 4.29. The molecular weight excluding hydrogens is 294 g/mol. The van der Waals surface area contributed by atoms with Crippen LogP contribution >= 0.6 is 0 Å². The van der Waals surface area contributed by atoms with E-state index in [-0.39, 0.29) is 5.91 Å². The molecule has 3 heterocycles. The van der Waals surface area contributed by atoms with Crippen molar-refractivity contribution in [2.24, 2.45) is 0 Å². The van der Waals surface area contributed by atoms with Gasteiger partial charge < -0.3 is 14.0 Å². The van der Waals surface area contributed by atoms with Crippen molar-refractivity contribution in [3.8, 4) is 0 Å². The first-order chi connectivity index (χ1) is 11.1. The molecule has 0 bridgehead atoms. The molecule has 2 aromatic heterocycles. The minimum absolute atomic E-state index is 0.111. The van der Waals surface area contributed by atoms with Gasteiger partial charge in [0, 0.05) is 31.7 Å². The Hall–Kier alpha value is -2.15. The molecule has 0 N–H and O–H groups in total. The summed E-state index contributed by atoms with van der Waals surface area (Å²) < 4.78 is 7.18. The van der Waals surface area contributed by atoms with E-state index in [1.807, 2.05) is 11.2 Å². The highest BCUT2D eigenvalue weighted by molar-refractivity contribution is 5.91. The number of aryl methyl sites for hydroxylation is 1. The molecule has 0 unspecified atom stereocenters. The Balaban J connectivity index is 1.81. The van der Waals surface area contributed by atoms with Crippen LogP contribution in [0.25, 0.3) is 0 Å². The van der Waals surface area contributed by atoms with Crippen LogP contribution in [0, 0.1) is 0 Å². The van der Waals surface area contributed by atoms with Crippen molar-refractivity contribution in [1.29, 1.82) is 0 Å². The molecule has 2 aromatic rings. The molecule has 23 heavy (non-hydrogen) atoms. The van der Waals surface area contributed by atoms with Crippen molar-refractivity contribution in [3.63, 3.8) is 0 Å². The van der Waals surface area contributed by atoms with Crippen molar-refractivity contribution < 1.29 is 9.32 Å². The smallest absolute Gasteiger partial charge is 0.292 e. The largest absolute Gasteiger partial charge is 0.351 e. The third kappa shape index (κ3) is 3.29. The summed E-state index contributed by atoms with van der Waals surface area (Å²) in [7, 11) is 2.09.